The predicted molar refractivity (Wildman–Crippen MR) is 82.9 cm³/mol. The van der Waals surface area contributed by atoms with Gasteiger partial charge in [-0.15, -0.1) is 0 Å². The van der Waals surface area contributed by atoms with Crippen LogP contribution < -0.4 is 10.6 Å². The Bertz CT molecular complexity index is 616. The fourth-order valence-electron chi connectivity index (χ4n) is 2.38. The van der Waals surface area contributed by atoms with Crippen molar-refractivity contribution >= 4 is 11.6 Å². The van der Waals surface area contributed by atoms with Crippen LogP contribution in [0.3, 0.4) is 0 Å². The molecule has 0 bridgehead atoms. The molecule has 0 atom stereocenters. The highest BCUT2D eigenvalue weighted by molar-refractivity contribution is 5.46. The van der Waals surface area contributed by atoms with Gasteiger partial charge < -0.3 is 15.4 Å². The summed E-state index contributed by atoms with van der Waals surface area (Å²) in [6.45, 7) is 7.42. The molecule has 0 unspecified atom stereocenters. The Morgan fingerprint density at radius 2 is 1.90 bits per heavy atom. The summed E-state index contributed by atoms with van der Waals surface area (Å²) in [5.41, 5.74) is 7.04. The molecule has 2 aromatic rings. The first-order valence-corrected chi connectivity index (χ1v) is 7.30. The summed E-state index contributed by atoms with van der Waals surface area (Å²) in [7, 11) is 0. The third-order valence-electron chi connectivity index (χ3n) is 3.62. The van der Waals surface area contributed by atoms with E-state index in [0.29, 0.717) is 11.7 Å². The van der Waals surface area contributed by atoms with Crippen LogP contribution in [0.2, 0.25) is 0 Å². The Morgan fingerprint density at radius 3 is 2.57 bits per heavy atom. The van der Waals surface area contributed by atoms with Crippen LogP contribution in [0, 0.1) is 0 Å². The van der Waals surface area contributed by atoms with E-state index in [1.54, 1.807) is 4.68 Å². The van der Waals surface area contributed by atoms with Gasteiger partial charge in [0, 0.05) is 19.2 Å². The minimum Gasteiger partial charge on any atom is -0.384 e. The van der Waals surface area contributed by atoms with Gasteiger partial charge in [0.1, 0.15) is 11.6 Å². The highest BCUT2D eigenvalue weighted by atomic mass is 16.5. The third-order valence-corrected chi connectivity index (χ3v) is 3.62. The van der Waals surface area contributed by atoms with Gasteiger partial charge in [0.25, 0.3) is 0 Å². The van der Waals surface area contributed by atoms with Crippen LogP contribution in [0.4, 0.5) is 11.6 Å². The fourth-order valence-corrected chi connectivity index (χ4v) is 2.38. The topological polar surface area (TPSA) is 69.2 Å². The van der Waals surface area contributed by atoms with Crippen molar-refractivity contribution in [3.05, 3.63) is 30.0 Å². The molecular weight excluding hydrogens is 266 g/mol. The molecule has 0 saturated carbocycles. The zero-order chi connectivity index (χ0) is 14.8. The summed E-state index contributed by atoms with van der Waals surface area (Å²) in [6.07, 6.45) is 0. The van der Waals surface area contributed by atoms with E-state index in [1.807, 2.05) is 24.3 Å². The van der Waals surface area contributed by atoms with Crippen molar-refractivity contribution in [1.82, 2.24) is 14.8 Å². The van der Waals surface area contributed by atoms with E-state index in [2.05, 4.69) is 23.8 Å². The second-order valence-corrected chi connectivity index (χ2v) is 5.51. The van der Waals surface area contributed by atoms with Gasteiger partial charge in [0.05, 0.1) is 18.9 Å². The molecule has 112 valence electrons. The second kappa shape index (κ2) is 5.73. The Balaban J connectivity index is 1.92. The van der Waals surface area contributed by atoms with Crippen molar-refractivity contribution in [3.8, 4) is 5.82 Å². The van der Waals surface area contributed by atoms with Crippen molar-refractivity contribution in [2.24, 2.45) is 0 Å². The molecule has 0 spiro atoms. The summed E-state index contributed by atoms with van der Waals surface area (Å²) < 4.78 is 7.09. The van der Waals surface area contributed by atoms with Gasteiger partial charge in [-0.3, -0.25) is 0 Å². The van der Waals surface area contributed by atoms with E-state index < -0.39 is 0 Å². The van der Waals surface area contributed by atoms with Gasteiger partial charge in [-0.2, -0.15) is 9.78 Å². The molecule has 1 aliphatic rings. The van der Waals surface area contributed by atoms with Crippen LogP contribution in [-0.4, -0.2) is 41.1 Å². The number of aromatic nitrogens is 3. The maximum Gasteiger partial charge on any atom is 0.158 e. The molecule has 1 aliphatic heterocycles. The van der Waals surface area contributed by atoms with E-state index >= 15 is 0 Å². The number of anilines is 2. The summed E-state index contributed by atoms with van der Waals surface area (Å²) in [5.74, 6) is 2.65. The summed E-state index contributed by atoms with van der Waals surface area (Å²) in [4.78, 5) is 6.91. The molecule has 6 nitrogen and oxygen atoms in total. The molecule has 1 saturated heterocycles. The molecule has 21 heavy (non-hydrogen) atoms. The van der Waals surface area contributed by atoms with Gasteiger partial charge in [-0.1, -0.05) is 19.9 Å². The van der Waals surface area contributed by atoms with Gasteiger partial charge in [-0.05, 0) is 18.1 Å². The van der Waals surface area contributed by atoms with Crippen LogP contribution in [0.1, 0.15) is 25.5 Å². The Kier molecular flexibility index (Phi) is 3.79. The normalized spacial score (nSPS) is 15.7. The lowest BCUT2D eigenvalue weighted by atomic mass is 10.1. The Labute approximate surface area is 124 Å². The minimum absolute atomic E-state index is 0.343. The molecular formula is C15H21N5O. The van der Waals surface area contributed by atoms with E-state index in [9.17, 15) is 0 Å². The van der Waals surface area contributed by atoms with E-state index in [1.165, 1.54) is 0 Å². The summed E-state index contributed by atoms with van der Waals surface area (Å²) >= 11 is 0. The molecule has 6 heteroatoms. The first-order chi connectivity index (χ1) is 10.1. The summed E-state index contributed by atoms with van der Waals surface area (Å²) in [6, 6.07) is 7.84. The van der Waals surface area contributed by atoms with E-state index in [0.717, 1.165) is 43.6 Å². The molecule has 1 fully saturated rings. The number of nitrogen functional groups attached to an aromatic ring is 1. The smallest absolute Gasteiger partial charge is 0.158 e. The lowest BCUT2D eigenvalue weighted by Gasteiger charge is -2.28. The maximum absolute atomic E-state index is 6.07. The molecule has 2 aromatic heterocycles. The zero-order valence-electron chi connectivity index (χ0n) is 12.5. The molecule has 3 heterocycles. The van der Waals surface area contributed by atoms with Gasteiger partial charge in [-0.25, -0.2) is 4.98 Å². The largest absolute Gasteiger partial charge is 0.384 e. The molecule has 0 radical (unpaired) electrons. The Morgan fingerprint density at radius 1 is 1.19 bits per heavy atom. The number of hydrogen-bond donors (Lipinski definition) is 1. The number of hydrogen-bond acceptors (Lipinski definition) is 5. The number of nitrogens with zero attached hydrogens (tertiary/aromatic N) is 4. The van der Waals surface area contributed by atoms with E-state index in [-0.39, 0.29) is 0 Å². The van der Waals surface area contributed by atoms with Crippen molar-refractivity contribution in [1.29, 1.82) is 0 Å². The van der Waals surface area contributed by atoms with Gasteiger partial charge >= 0.3 is 0 Å². The van der Waals surface area contributed by atoms with Crippen LogP contribution in [0.25, 0.3) is 5.82 Å². The maximum atomic E-state index is 6.07. The average molecular weight is 287 g/mol. The number of rotatable bonds is 3. The SMILES string of the molecule is CC(C)c1cc(N)n(-c2cccc(N3CCOCC3)n2)n1. The Hall–Kier alpha value is -2.08. The summed E-state index contributed by atoms with van der Waals surface area (Å²) in [5, 5.41) is 4.55. The number of morpholine rings is 1. The van der Waals surface area contributed by atoms with Gasteiger partial charge in [0.2, 0.25) is 0 Å². The monoisotopic (exact) mass is 287 g/mol. The molecule has 0 aliphatic carbocycles. The highest BCUT2D eigenvalue weighted by Gasteiger charge is 2.15. The van der Waals surface area contributed by atoms with E-state index in [4.69, 9.17) is 15.5 Å². The number of ether oxygens (including phenoxy) is 1. The first-order valence-electron chi connectivity index (χ1n) is 7.30. The molecule has 2 N–H and O–H groups in total. The van der Waals surface area contributed by atoms with Gasteiger partial charge in [0.15, 0.2) is 5.82 Å². The second-order valence-electron chi connectivity index (χ2n) is 5.51. The fraction of sp³-hybridized carbons (Fsp3) is 0.467. The van der Waals surface area contributed by atoms with Crippen LogP contribution in [-0.2, 0) is 4.74 Å². The highest BCUT2D eigenvalue weighted by Crippen LogP contribution is 2.21. The number of pyridine rings is 1. The third kappa shape index (κ3) is 2.85. The van der Waals surface area contributed by atoms with Crippen molar-refractivity contribution in [2.75, 3.05) is 36.9 Å². The average Bonchev–Trinajstić information content (AvgIpc) is 2.91. The molecule has 0 amide bonds. The molecule has 0 aromatic carbocycles. The van der Waals surface area contributed by atoms with Crippen molar-refractivity contribution in [3.63, 3.8) is 0 Å². The van der Waals surface area contributed by atoms with Crippen molar-refractivity contribution in [2.45, 2.75) is 19.8 Å². The number of nitrogens with two attached hydrogens (primary N) is 1. The van der Waals surface area contributed by atoms with Crippen molar-refractivity contribution < 1.29 is 4.74 Å². The predicted octanol–water partition coefficient (Wildman–Crippen LogP) is 1.81. The first kappa shape index (κ1) is 13.9. The van der Waals surface area contributed by atoms with Crippen LogP contribution in [0.15, 0.2) is 24.3 Å². The molecule has 3 rings (SSSR count). The zero-order valence-corrected chi connectivity index (χ0v) is 12.5. The quantitative estimate of drug-likeness (QED) is 0.932. The van der Waals surface area contributed by atoms with Crippen LogP contribution in [0.5, 0.6) is 0 Å². The standard InChI is InChI=1S/C15H21N5O/c1-11(2)12-10-13(16)20(18-12)15-5-3-4-14(17-15)19-6-8-21-9-7-19/h3-5,10-11H,6-9,16H2,1-2H3. The lowest BCUT2D eigenvalue weighted by Crippen LogP contribution is -2.36. The lowest BCUT2D eigenvalue weighted by molar-refractivity contribution is 0.122. The minimum atomic E-state index is 0.343. The van der Waals surface area contributed by atoms with Crippen LogP contribution >= 0.6 is 0 Å².